The van der Waals surface area contributed by atoms with E-state index < -0.39 is 0 Å². The monoisotopic (exact) mass is 337 g/mol. The molecule has 0 radical (unpaired) electrons. The quantitative estimate of drug-likeness (QED) is 0.607. The number of amides is 1. The van der Waals surface area contributed by atoms with Crippen molar-refractivity contribution >= 4 is 43.6 Å². The zero-order valence-electron chi connectivity index (χ0n) is 13.3. The molecule has 0 bridgehead atoms. The number of carbonyl (C=O) groups is 1. The lowest BCUT2D eigenvalue weighted by Gasteiger charge is -2.01. The molecule has 1 N–H and O–H groups in total. The molecule has 0 saturated heterocycles. The number of nitrogens with one attached hydrogen (secondary N) is 1. The first kappa shape index (κ1) is 14.8. The maximum atomic E-state index is 12.4. The summed E-state index contributed by atoms with van der Waals surface area (Å²) in [6, 6.07) is 11.8. The van der Waals surface area contributed by atoms with E-state index in [1.807, 2.05) is 44.2 Å². The van der Waals surface area contributed by atoms with Gasteiger partial charge < -0.3 is 9.84 Å². The van der Waals surface area contributed by atoms with Gasteiger partial charge in [0.05, 0.1) is 16.6 Å². The van der Waals surface area contributed by atoms with E-state index >= 15 is 0 Å². The fourth-order valence-corrected chi connectivity index (χ4v) is 3.76. The molecule has 120 valence electrons. The Morgan fingerprint density at radius 3 is 2.92 bits per heavy atom. The van der Waals surface area contributed by atoms with Gasteiger partial charge in [-0.25, -0.2) is 4.98 Å². The molecule has 1 amide bonds. The second-order valence-electron chi connectivity index (χ2n) is 5.80. The number of thiazole rings is 1. The van der Waals surface area contributed by atoms with Crippen molar-refractivity contribution in [3.8, 4) is 0 Å². The van der Waals surface area contributed by atoms with E-state index in [4.69, 9.17) is 4.52 Å². The number of benzene rings is 2. The molecule has 0 aliphatic rings. The highest BCUT2D eigenvalue weighted by atomic mass is 32.1. The number of carbonyl (C=O) groups excluding carboxylic acids is 1. The molecule has 2 aromatic heterocycles. The molecule has 0 unspecified atom stereocenters. The molecular formula is C18H15N3O2S. The van der Waals surface area contributed by atoms with Crippen molar-refractivity contribution in [1.82, 2.24) is 10.1 Å². The minimum Gasteiger partial charge on any atom is -0.356 e. The fraction of sp³-hybridized carbons (Fsp3) is 0.167. The minimum atomic E-state index is -0.149. The van der Waals surface area contributed by atoms with Crippen LogP contribution in [0.15, 0.2) is 40.9 Å². The van der Waals surface area contributed by atoms with Gasteiger partial charge in [0, 0.05) is 5.39 Å². The number of rotatable bonds is 3. The highest BCUT2D eigenvalue weighted by molar-refractivity contribution is 7.22. The Morgan fingerprint density at radius 2 is 2.08 bits per heavy atom. The summed E-state index contributed by atoms with van der Waals surface area (Å²) in [5.74, 6) is -0.149. The van der Waals surface area contributed by atoms with Crippen LogP contribution in [0, 0.1) is 13.8 Å². The van der Waals surface area contributed by atoms with E-state index in [0.29, 0.717) is 10.8 Å². The van der Waals surface area contributed by atoms with Gasteiger partial charge in [0.1, 0.15) is 5.69 Å². The van der Waals surface area contributed by atoms with Crippen LogP contribution in [0.1, 0.15) is 16.8 Å². The summed E-state index contributed by atoms with van der Waals surface area (Å²) >= 11 is 1.46. The molecule has 0 aliphatic carbocycles. The third-order valence-electron chi connectivity index (χ3n) is 3.85. The Balaban J connectivity index is 1.58. The van der Waals surface area contributed by atoms with Crippen LogP contribution in [-0.2, 0) is 11.2 Å². The third-order valence-corrected chi connectivity index (χ3v) is 4.81. The summed E-state index contributed by atoms with van der Waals surface area (Å²) < 4.78 is 6.41. The number of hydrogen-bond acceptors (Lipinski definition) is 5. The lowest BCUT2D eigenvalue weighted by molar-refractivity contribution is -0.115. The first-order valence-electron chi connectivity index (χ1n) is 7.61. The molecule has 0 saturated carbocycles. The maximum absolute atomic E-state index is 12.4. The fourth-order valence-electron chi connectivity index (χ4n) is 2.88. The van der Waals surface area contributed by atoms with Gasteiger partial charge in [0.2, 0.25) is 5.91 Å². The molecule has 0 spiro atoms. The van der Waals surface area contributed by atoms with Crippen molar-refractivity contribution < 1.29 is 9.32 Å². The molecule has 0 aliphatic heterocycles. The van der Waals surface area contributed by atoms with Crippen LogP contribution in [0.2, 0.25) is 0 Å². The zero-order chi connectivity index (χ0) is 16.7. The molecule has 0 fully saturated rings. The SMILES string of the molecule is Cc1cc(C)c2c(CC(=O)Nc3nc4ccccc4s3)noc2c1. The van der Waals surface area contributed by atoms with Crippen LogP contribution in [0.25, 0.3) is 21.2 Å². The number of hydrogen-bond donors (Lipinski definition) is 1. The van der Waals surface area contributed by atoms with Crippen molar-refractivity contribution in [2.24, 2.45) is 0 Å². The zero-order valence-corrected chi connectivity index (χ0v) is 14.1. The topological polar surface area (TPSA) is 68.0 Å². The second kappa shape index (κ2) is 5.72. The predicted molar refractivity (Wildman–Crippen MR) is 95.4 cm³/mol. The summed E-state index contributed by atoms with van der Waals surface area (Å²) in [7, 11) is 0. The van der Waals surface area contributed by atoms with Gasteiger partial charge in [0.15, 0.2) is 10.7 Å². The van der Waals surface area contributed by atoms with E-state index in [1.165, 1.54) is 11.3 Å². The Hall–Kier alpha value is -2.73. The second-order valence-corrected chi connectivity index (χ2v) is 6.83. The largest absolute Gasteiger partial charge is 0.356 e. The lowest BCUT2D eigenvalue weighted by atomic mass is 10.0. The molecule has 4 rings (SSSR count). The van der Waals surface area contributed by atoms with Crippen LogP contribution in [0.3, 0.4) is 0 Å². The first-order valence-corrected chi connectivity index (χ1v) is 8.43. The maximum Gasteiger partial charge on any atom is 0.232 e. The van der Waals surface area contributed by atoms with Gasteiger partial charge in [-0.15, -0.1) is 0 Å². The molecular weight excluding hydrogens is 322 g/mol. The molecule has 0 atom stereocenters. The normalized spacial score (nSPS) is 11.2. The summed E-state index contributed by atoms with van der Waals surface area (Å²) in [5, 5.41) is 8.44. The molecule has 2 aromatic carbocycles. The average Bonchev–Trinajstić information content (AvgIpc) is 3.10. The van der Waals surface area contributed by atoms with E-state index in [2.05, 4.69) is 21.5 Å². The molecule has 5 nitrogen and oxygen atoms in total. The van der Waals surface area contributed by atoms with E-state index in [-0.39, 0.29) is 12.3 Å². The smallest absolute Gasteiger partial charge is 0.232 e. The van der Waals surface area contributed by atoms with Crippen LogP contribution in [0.4, 0.5) is 5.13 Å². The first-order chi connectivity index (χ1) is 11.6. The van der Waals surface area contributed by atoms with E-state index in [0.717, 1.165) is 32.3 Å². The van der Waals surface area contributed by atoms with Crippen LogP contribution < -0.4 is 5.32 Å². The number of fused-ring (bicyclic) bond motifs is 2. The van der Waals surface area contributed by atoms with Crippen LogP contribution >= 0.6 is 11.3 Å². The van der Waals surface area contributed by atoms with Crippen LogP contribution in [-0.4, -0.2) is 16.0 Å². The Kier molecular flexibility index (Phi) is 3.54. The summed E-state index contributed by atoms with van der Waals surface area (Å²) in [5.41, 5.74) is 4.43. The summed E-state index contributed by atoms with van der Waals surface area (Å²) in [6.07, 6.45) is 0.160. The van der Waals surface area contributed by atoms with Crippen molar-refractivity contribution in [3.05, 3.63) is 53.2 Å². The highest BCUT2D eigenvalue weighted by Gasteiger charge is 2.16. The summed E-state index contributed by atoms with van der Waals surface area (Å²) in [4.78, 5) is 16.8. The number of para-hydroxylation sites is 1. The number of nitrogens with zero attached hydrogens (tertiary/aromatic N) is 2. The minimum absolute atomic E-state index is 0.149. The Morgan fingerprint density at radius 1 is 1.25 bits per heavy atom. The molecule has 4 aromatic rings. The number of anilines is 1. The van der Waals surface area contributed by atoms with Crippen molar-refractivity contribution in [3.63, 3.8) is 0 Å². The predicted octanol–water partition coefficient (Wildman–Crippen LogP) is 4.24. The van der Waals surface area contributed by atoms with Gasteiger partial charge in [-0.1, -0.05) is 34.7 Å². The standard InChI is InChI=1S/C18H15N3O2S/c1-10-7-11(2)17-13(21-23-14(17)8-10)9-16(22)20-18-19-12-5-3-4-6-15(12)24-18/h3-8H,9H2,1-2H3,(H,19,20,22). The molecule has 2 heterocycles. The van der Waals surface area contributed by atoms with E-state index in [9.17, 15) is 4.79 Å². The van der Waals surface area contributed by atoms with Gasteiger partial charge >= 0.3 is 0 Å². The average molecular weight is 337 g/mol. The highest BCUT2D eigenvalue weighted by Crippen LogP contribution is 2.27. The molecule has 6 heteroatoms. The van der Waals surface area contributed by atoms with Gasteiger partial charge in [-0.3, -0.25) is 4.79 Å². The van der Waals surface area contributed by atoms with Gasteiger partial charge in [-0.05, 0) is 43.2 Å². The lowest BCUT2D eigenvalue weighted by Crippen LogP contribution is -2.14. The van der Waals surface area contributed by atoms with Crippen molar-refractivity contribution in [1.29, 1.82) is 0 Å². The van der Waals surface area contributed by atoms with E-state index in [1.54, 1.807) is 0 Å². The molecule has 24 heavy (non-hydrogen) atoms. The summed E-state index contributed by atoms with van der Waals surface area (Å²) in [6.45, 7) is 4.01. The van der Waals surface area contributed by atoms with Gasteiger partial charge in [-0.2, -0.15) is 0 Å². The number of aromatic nitrogens is 2. The van der Waals surface area contributed by atoms with Gasteiger partial charge in [0.25, 0.3) is 0 Å². The van der Waals surface area contributed by atoms with Crippen molar-refractivity contribution in [2.75, 3.05) is 5.32 Å². The van der Waals surface area contributed by atoms with Crippen LogP contribution in [0.5, 0.6) is 0 Å². The Labute approximate surface area is 142 Å². The number of aryl methyl sites for hydroxylation is 2. The third kappa shape index (κ3) is 2.65. The Bertz CT molecular complexity index is 1030. The van der Waals surface area contributed by atoms with Crippen molar-refractivity contribution in [2.45, 2.75) is 20.3 Å².